The van der Waals surface area contributed by atoms with E-state index in [4.69, 9.17) is 11.3 Å². The zero-order valence-corrected chi connectivity index (χ0v) is 7.80. The lowest BCUT2D eigenvalue weighted by Gasteiger charge is -1.97. The first-order valence-electron chi connectivity index (χ1n) is 4.39. The van der Waals surface area contributed by atoms with E-state index in [1.807, 2.05) is 30.4 Å². The Hall–Kier alpha value is -1.77. The highest BCUT2D eigenvalue weighted by molar-refractivity contribution is 5.63. The van der Waals surface area contributed by atoms with Gasteiger partial charge in [-0.3, -0.25) is 0 Å². The highest BCUT2D eigenvalue weighted by Crippen LogP contribution is 2.20. The summed E-state index contributed by atoms with van der Waals surface area (Å²) in [5, 5.41) is 3.58. The van der Waals surface area contributed by atoms with Crippen molar-refractivity contribution in [1.29, 1.82) is 0 Å². The van der Waals surface area contributed by atoms with Gasteiger partial charge < -0.3 is 5.73 Å². The van der Waals surface area contributed by atoms with Crippen LogP contribution in [0, 0.1) is 0 Å². The lowest BCUT2D eigenvalue weighted by molar-refractivity contribution is 1.01. The maximum absolute atomic E-state index is 8.33. The van der Waals surface area contributed by atoms with Gasteiger partial charge in [0, 0.05) is 10.6 Å². The van der Waals surface area contributed by atoms with Crippen LogP contribution in [0.4, 0.5) is 5.69 Å². The zero-order chi connectivity index (χ0) is 10.2. The van der Waals surface area contributed by atoms with Crippen molar-refractivity contribution in [2.24, 2.45) is 10.8 Å². The first-order valence-corrected chi connectivity index (χ1v) is 4.39. The Morgan fingerprint density at radius 3 is 2.93 bits per heavy atom. The molecule has 2 N–H and O–H groups in total. The molecule has 0 aliphatic carbocycles. The molecule has 0 aromatic heterocycles. The maximum Gasteiger partial charge on any atom is 0.0447 e. The highest BCUT2D eigenvalue weighted by Gasteiger charge is 1.93. The van der Waals surface area contributed by atoms with Crippen LogP contribution in [0.2, 0.25) is 0 Å². The molecule has 0 heterocycles. The molecule has 0 spiro atoms. The molecule has 72 valence electrons. The van der Waals surface area contributed by atoms with Gasteiger partial charge in [-0.05, 0) is 24.1 Å². The smallest absolute Gasteiger partial charge is 0.0447 e. The van der Waals surface area contributed by atoms with Gasteiger partial charge in [0.25, 0.3) is 0 Å². The fourth-order valence-corrected chi connectivity index (χ4v) is 1.07. The van der Waals surface area contributed by atoms with E-state index in [1.165, 1.54) is 0 Å². The predicted octanol–water partition coefficient (Wildman–Crippen LogP) is 2.99. The van der Waals surface area contributed by atoms with Gasteiger partial charge in [0.05, 0.1) is 0 Å². The van der Waals surface area contributed by atoms with Crippen LogP contribution in [-0.2, 0) is 0 Å². The van der Waals surface area contributed by atoms with E-state index in [2.05, 4.69) is 10.0 Å². The topological polar surface area (TPSA) is 74.8 Å². The molecule has 1 rings (SSSR count). The molecule has 1 aromatic carbocycles. The molecule has 4 heteroatoms. The number of hydrogen-bond donors (Lipinski definition) is 1. The van der Waals surface area contributed by atoms with Crippen molar-refractivity contribution in [2.75, 3.05) is 6.54 Å². The van der Waals surface area contributed by atoms with Crippen LogP contribution < -0.4 is 5.73 Å². The van der Waals surface area contributed by atoms with Gasteiger partial charge in [0.2, 0.25) is 0 Å². The molecule has 0 saturated heterocycles. The van der Waals surface area contributed by atoms with E-state index in [9.17, 15) is 0 Å². The molecule has 0 fully saturated rings. The molecule has 0 bridgehead atoms. The standard InChI is InChI=1S/C10H12N4/c11-8-4-3-6-9-5-1-2-7-10(9)13-14-12/h1-3,5-7H,4,8,11H2. The molecular weight excluding hydrogens is 176 g/mol. The van der Waals surface area contributed by atoms with E-state index in [1.54, 1.807) is 6.07 Å². The number of nitrogens with zero attached hydrogens (tertiary/aromatic N) is 3. The lowest BCUT2D eigenvalue weighted by atomic mass is 10.1. The van der Waals surface area contributed by atoms with Gasteiger partial charge in [-0.1, -0.05) is 41.5 Å². The Labute approximate surface area is 82.7 Å². The summed E-state index contributed by atoms with van der Waals surface area (Å²) in [5.74, 6) is 0. The third kappa shape index (κ3) is 2.94. The molecule has 0 amide bonds. The molecular formula is C10H12N4. The van der Waals surface area contributed by atoms with Crippen LogP contribution in [0.3, 0.4) is 0 Å². The van der Waals surface area contributed by atoms with Gasteiger partial charge in [-0.15, -0.1) is 0 Å². The normalized spacial score (nSPS) is 10.1. The van der Waals surface area contributed by atoms with Crippen LogP contribution >= 0.6 is 0 Å². The summed E-state index contributed by atoms with van der Waals surface area (Å²) < 4.78 is 0. The molecule has 1 aromatic rings. The molecule has 0 atom stereocenters. The number of hydrogen-bond acceptors (Lipinski definition) is 2. The molecule has 0 saturated carbocycles. The summed E-state index contributed by atoms with van der Waals surface area (Å²) in [6.45, 7) is 0.625. The zero-order valence-electron chi connectivity index (χ0n) is 7.80. The molecule has 0 radical (unpaired) electrons. The van der Waals surface area contributed by atoms with Crippen molar-refractivity contribution < 1.29 is 0 Å². The van der Waals surface area contributed by atoms with E-state index in [-0.39, 0.29) is 0 Å². The number of rotatable bonds is 4. The van der Waals surface area contributed by atoms with Crippen LogP contribution in [0.1, 0.15) is 12.0 Å². The number of benzene rings is 1. The molecule has 4 nitrogen and oxygen atoms in total. The van der Waals surface area contributed by atoms with Gasteiger partial charge in [0.15, 0.2) is 0 Å². The Kier molecular flexibility index (Phi) is 4.27. The minimum atomic E-state index is 0.625. The Bertz CT molecular complexity index is 364. The maximum atomic E-state index is 8.33. The summed E-state index contributed by atoms with van der Waals surface area (Å²) in [4.78, 5) is 2.76. The van der Waals surface area contributed by atoms with Gasteiger partial charge in [0.1, 0.15) is 0 Å². The van der Waals surface area contributed by atoms with Crippen LogP contribution in [0.5, 0.6) is 0 Å². The summed E-state index contributed by atoms with van der Waals surface area (Å²) in [6.07, 6.45) is 4.70. The molecule has 14 heavy (non-hydrogen) atoms. The van der Waals surface area contributed by atoms with Crippen LogP contribution in [-0.4, -0.2) is 6.54 Å². The lowest BCUT2D eigenvalue weighted by Crippen LogP contribution is -1.94. The largest absolute Gasteiger partial charge is 0.330 e. The predicted molar refractivity (Wildman–Crippen MR) is 58.0 cm³/mol. The third-order valence-corrected chi connectivity index (χ3v) is 1.72. The van der Waals surface area contributed by atoms with Crippen molar-refractivity contribution >= 4 is 11.8 Å². The second-order valence-electron chi connectivity index (χ2n) is 2.73. The average Bonchev–Trinajstić information content (AvgIpc) is 2.21. The summed E-state index contributed by atoms with van der Waals surface area (Å²) in [6, 6.07) is 7.42. The van der Waals surface area contributed by atoms with Gasteiger partial charge >= 0.3 is 0 Å². The Balaban J connectivity index is 2.89. The Morgan fingerprint density at radius 1 is 1.43 bits per heavy atom. The molecule has 0 aliphatic heterocycles. The minimum Gasteiger partial charge on any atom is -0.330 e. The fraction of sp³-hybridized carbons (Fsp3) is 0.200. The quantitative estimate of drug-likeness (QED) is 0.440. The van der Waals surface area contributed by atoms with E-state index < -0.39 is 0 Å². The molecule has 0 unspecified atom stereocenters. The third-order valence-electron chi connectivity index (χ3n) is 1.72. The highest BCUT2D eigenvalue weighted by atomic mass is 15.1. The SMILES string of the molecule is [N-]=[N+]=Nc1ccccc1C=CCCN. The van der Waals surface area contributed by atoms with Crippen LogP contribution in [0.25, 0.3) is 16.5 Å². The van der Waals surface area contributed by atoms with Crippen molar-refractivity contribution in [2.45, 2.75) is 6.42 Å². The minimum absolute atomic E-state index is 0.625. The first kappa shape index (κ1) is 10.3. The molecule has 0 aliphatic rings. The van der Waals surface area contributed by atoms with E-state index in [0.717, 1.165) is 12.0 Å². The van der Waals surface area contributed by atoms with Crippen molar-refractivity contribution in [3.05, 3.63) is 46.3 Å². The second kappa shape index (κ2) is 5.80. The number of azide groups is 1. The van der Waals surface area contributed by atoms with Crippen molar-refractivity contribution in [3.8, 4) is 0 Å². The van der Waals surface area contributed by atoms with Crippen LogP contribution in [0.15, 0.2) is 35.5 Å². The number of nitrogens with two attached hydrogens (primary N) is 1. The summed E-state index contributed by atoms with van der Waals surface area (Å²) >= 11 is 0. The first-order chi connectivity index (χ1) is 6.88. The monoisotopic (exact) mass is 188 g/mol. The van der Waals surface area contributed by atoms with E-state index >= 15 is 0 Å². The van der Waals surface area contributed by atoms with Gasteiger partial charge in [-0.25, -0.2) is 0 Å². The fourth-order valence-electron chi connectivity index (χ4n) is 1.07. The Morgan fingerprint density at radius 2 is 2.21 bits per heavy atom. The summed E-state index contributed by atoms with van der Waals surface area (Å²) in [7, 11) is 0. The average molecular weight is 188 g/mol. The van der Waals surface area contributed by atoms with Crippen molar-refractivity contribution in [3.63, 3.8) is 0 Å². The summed E-state index contributed by atoms with van der Waals surface area (Å²) in [5.41, 5.74) is 15.2. The second-order valence-corrected chi connectivity index (χ2v) is 2.73. The van der Waals surface area contributed by atoms with Crippen molar-refractivity contribution in [1.82, 2.24) is 0 Å². The van der Waals surface area contributed by atoms with E-state index in [0.29, 0.717) is 12.2 Å². The van der Waals surface area contributed by atoms with Gasteiger partial charge in [-0.2, -0.15) is 0 Å².